The van der Waals surface area contributed by atoms with E-state index in [0.29, 0.717) is 13.2 Å². The number of nitrogens with one attached hydrogen (secondary N) is 2. The maximum atomic E-state index is 12.9. The molecule has 1 saturated heterocycles. The van der Waals surface area contributed by atoms with Crippen LogP contribution in [0.1, 0.15) is 24.1 Å². The third kappa shape index (κ3) is 4.75. The molecule has 0 aliphatic carbocycles. The summed E-state index contributed by atoms with van der Waals surface area (Å²) >= 11 is 3.42. The highest BCUT2D eigenvalue weighted by Gasteiger charge is 2.32. The van der Waals surface area contributed by atoms with E-state index >= 15 is 0 Å². The Balaban J connectivity index is 1.76. The molecule has 1 atom stereocenters. The summed E-state index contributed by atoms with van der Waals surface area (Å²) in [5, 5.41) is 4.31. The molecule has 1 fully saturated rings. The molecule has 0 saturated carbocycles. The van der Waals surface area contributed by atoms with Crippen molar-refractivity contribution in [2.45, 2.75) is 13.0 Å². The number of nitrogens with zero attached hydrogens (tertiary/aromatic N) is 2. The Bertz CT molecular complexity index is 759. The van der Waals surface area contributed by atoms with E-state index in [4.69, 9.17) is 4.74 Å². The third-order valence-corrected chi connectivity index (χ3v) is 4.97. The first-order valence-corrected chi connectivity index (χ1v) is 9.37. The van der Waals surface area contributed by atoms with Gasteiger partial charge >= 0.3 is 5.91 Å². The Labute approximate surface area is 161 Å². The monoisotopic (exact) mass is 417 g/mol. The molecule has 1 aromatic carbocycles. The number of aromatic nitrogens is 1. The number of hydrogen-bond donors (Lipinski definition) is 2. The molecule has 0 spiro atoms. The number of amides is 1. The summed E-state index contributed by atoms with van der Waals surface area (Å²) in [6.07, 6.45) is 3.43. The molecule has 26 heavy (non-hydrogen) atoms. The molecule has 3 rings (SSSR count). The number of carbonyl (C=O) groups excluding carboxylic acids is 1. The van der Waals surface area contributed by atoms with Crippen molar-refractivity contribution >= 4 is 27.5 Å². The van der Waals surface area contributed by atoms with Gasteiger partial charge in [0.05, 0.1) is 18.9 Å². The van der Waals surface area contributed by atoms with Crippen molar-refractivity contribution in [1.82, 2.24) is 10.4 Å². The SMILES string of the molecule is C/C(=N/NC(=O)[C@H](c1ccncc1)[NH+]1CCOCC1)c1ccc(Br)cc1. The molecule has 136 valence electrons. The molecule has 1 aromatic heterocycles. The van der Waals surface area contributed by atoms with Gasteiger partial charge in [0.1, 0.15) is 13.1 Å². The number of hydrazone groups is 1. The number of rotatable bonds is 5. The summed E-state index contributed by atoms with van der Waals surface area (Å²) in [7, 11) is 0. The first-order valence-electron chi connectivity index (χ1n) is 8.57. The molecule has 1 amide bonds. The Hall–Kier alpha value is -2.09. The minimum Gasteiger partial charge on any atom is -0.370 e. The van der Waals surface area contributed by atoms with E-state index in [2.05, 4.69) is 31.4 Å². The third-order valence-electron chi connectivity index (χ3n) is 4.44. The number of morpholine rings is 1. The van der Waals surface area contributed by atoms with Crippen LogP contribution in [0.2, 0.25) is 0 Å². The number of hydrogen-bond acceptors (Lipinski definition) is 4. The maximum absolute atomic E-state index is 12.9. The van der Waals surface area contributed by atoms with Crippen LogP contribution < -0.4 is 10.3 Å². The van der Waals surface area contributed by atoms with Crippen molar-refractivity contribution < 1.29 is 14.4 Å². The number of quaternary nitrogens is 1. The average Bonchev–Trinajstić information content (AvgIpc) is 2.68. The van der Waals surface area contributed by atoms with Gasteiger partial charge in [-0.2, -0.15) is 5.10 Å². The molecule has 2 heterocycles. The predicted octanol–water partition coefficient (Wildman–Crippen LogP) is 1.34. The fourth-order valence-corrected chi connectivity index (χ4v) is 3.27. The van der Waals surface area contributed by atoms with Gasteiger partial charge in [0.25, 0.3) is 0 Å². The van der Waals surface area contributed by atoms with E-state index in [1.807, 2.05) is 43.3 Å². The smallest absolute Gasteiger partial charge is 0.303 e. The minimum atomic E-state index is -0.330. The van der Waals surface area contributed by atoms with Crippen LogP contribution in [0.25, 0.3) is 0 Å². The van der Waals surface area contributed by atoms with E-state index in [1.54, 1.807) is 12.4 Å². The molecule has 0 bridgehead atoms. The Kier molecular flexibility index (Phi) is 6.49. The zero-order chi connectivity index (χ0) is 18.4. The van der Waals surface area contributed by atoms with Crippen molar-refractivity contribution in [2.24, 2.45) is 5.10 Å². The highest BCUT2D eigenvalue weighted by Crippen LogP contribution is 2.12. The Morgan fingerprint density at radius 1 is 1.19 bits per heavy atom. The number of halogens is 1. The summed E-state index contributed by atoms with van der Waals surface area (Å²) in [5.41, 5.74) is 5.41. The first-order chi connectivity index (χ1) is 12.6. The van der Waals surface area contributed by atoms with Gasteiger partial charge < -0.3 is 9.64 Å². The molecule has 1 aliphatic heterocycles. The number of ether oxygens (including phenoxy) is 1. The van der Waals surface area contributed by atoms with E-state index in [-0.39, 0.29) is 11.9 Å². The minimum absolute atomic E-state index is 0.121. The van der Waals surface area contributed by atoms with Gasteiger partial charge in [0.2, 0.25) is 0 Å². The molecule has 7 heteroatoms. The second-order valence-electron chi connectivity index (χ2n) is 6.16. The van der Waals surface area contributed by atoms with Crippen LogP contribution in [0.5, 0.6) is 0 Å². The summed E-state index contributed by atoms with van der Waals surface area (Å²) < 4.78 is 6.44. The van der Waals surface area contributed by atoms with Crippen molar-refractivity contribution in [3.63, 3.8) is 0 Å². The van der Waals surface area contributed by atoms with Gasteiger partial charge in [0, 0.05) is 22.4 Å². The standard InChI is InChI=1S/C19H21BrN4O2/c1-14(15-2-4-17(20)5-3-15)22-23-19(25)18(16-6-8-21-9-7-16)24-10-12-26-13-11-24/h2-9,18H,10-13H2,1H3,(H,23,25)/p+1/b22-14-/t18-/m0/s1. The van der Waals surface area contributed by atoms with Gasteiger partial charge in [-0.15, -0.1) is 0 Å². The fraction of sp³-hybridized carbons (Fsp3) is 0.316. The Morgan fingerprint density at radius 2 is 1.85 bits per heavy atom. The second kappa shape index (κ2) is 9.02. The maximum Gasteiger partial charge on any atom is 0.303 e. The molecule has 0 unspecified atom stereocenters. The van der Waals surface area contributed by atoms with E-state index in [1.165, 1.54) is 4.90 Å². The lowest BCUT2D eigenvalue weighted by atomic mass is 10.1. The quantitative estimate of drug-likeness (QED) is 0.569. The van der Waals surface area contributed by atoms with Crippen LogP contribution >= 0.6 is 15.9 Å². The molecule has 2 aromatic rings. The lowest BCUT2D eigenvalue weighted by Gasteiger charge is -2.30. The summed E-state index contributed by atoms with van der Waals surface area (Å²) in [6, 6.07) is 11.3. The lowest BCUT2D eigenvalue weighted by molar-refractivity contribution is -0.929. The molecule has 0 radical (unpaired) electrons. The van der Waals surface area contributed by atoms with E-state index < -0.39 is 0 Å². The summed E-state index contributed by atoms with van der Waals surface area (Å²) in [6.45, 7) is 4.77. The van der Waals surface area contributed by atoms with Crippen molar-refractivity contribution in [3.05, 3.63) is 64.4 Å². The first kappa shape index (κ1) is 18.7. The van der Waals surface area contributed by atoms with Crippen LogP contribution in [0.3, 0.4) is 0 Å². The van der Waals surface area contributed by atoms with Crippen molar-refractivity contribution in [1.29, 1.82) is 0 Å². The fourth-order valence-electron chi connectivity index (χ4n) is 3.01. The van der Waals surface area contributed by atoms with E-state index in [0.717, 1.165) is 34.4 Å². The topological polar surface area (TPSA) is 68.0 Å². The van der Waals surface area contributed by atoms with Gasteiger partial charge in [-0.25, -0.2) is 5.43 Å². The summed E-state index contributed by atoms with van der Waals surface area (Å²) in [5.74, 6) is -0.121. The number of carbonyl (C=O) groups is 1. The molecular weight excluding hydrogens is 396 g/mol. The normalized spacial score (nSPS) is 16.9. The van der Waals surface area contributed by atoms with Crippen LogP contribution in [0.15, 0.2) is 58.4 Å². The average molecular weight is 418 g/mol. The van der Waals surface area contributed by atoms with E-state index in [9.17, 15) is 4.79 Å². The van der Waals surface area contributed by atoms with Gasteiger partial charge in [-0.05, 0) is 36.8 Å². The predicted molar refractivity (Wildman–Crippen MR) is 103 cm³/mol. The zero-order valence-corrected chi connectivity index (χ0v) is 16.2. The van der Waals surface area contributed by atoms with Crippen LogP contribution in [-0.2, 0) is 9.53 Å². The molecule has 6 nitrogen and oxygen atoms in total. The zero-order valence-electron chi connectivity index (χ0n) is 14.6. The van der Waals surface area contributed by atoms with Gasteiger partial charge in [-0.3, -0.25) is 9.78 Å². The van der Waals surface area contributed by atoms with Gasteiger partial charge in [-0.1, -0.05) is 28.1 Å². The second-order valence-corrected chi connectivity index (χ2v) is 7.08. The van der Waals surface area contributed by atoms with Crippen LogP contribution in [0.4, 0.5) is 0 Å². The summed E-state index contributed by atoms with van der Waals surface area (Å²) in [4.78, 5) is 18.2. The van der Waals surface area contributed by atoms with Crippen molar-refractivity contribution in [3.8, 4) is 0 Å². The molecule has 1 aliphatic rings. The molecule has 2 N–H and O–H groups in total. The largest absolute Gasteiger partial charge is 0.370 e. The number of benzene rings is 1. The number of pyridine rings is 1. The van der Waals surface area contributed by atoms with Gasteiger partial charge in [0.15, 0.2) is 6.04 Å². The Morgan fingerprint density at radius 3 is 2.50 bits per heavy atom. The van der Waals surface area contributed by atoms with Crippen molar-refractivity contribution in [2.75, 3.05) is 26.3 Å². The van der Waals surface area contributed by atoms with Crippen LogP contribution in [0, 0.1) is 0 Å². The van der Waals surface area contributed by atoms with Crippen LogP contribution in [-0.4, -0.2) is 42.9 Å². The molecular formula is C19H22BrN4O2+. The highest BCUT2D eigenvalue weighted by atomic mass is 79.9. The highest BCUT2D eigenvalue weighted by molar-refractivity contribution is 9.10. The lowest BCUT2D eigenvalue weighted by Crippen LogP contribution is -3.15.